The Morgan fingerprint density at radius 1 is 0.854 bits per heavy atom. The normalized spacial score (nSPS) is 14.7. The quantitative estimate of drug-likeness (QED) is 0.337. The first kappa shape index (κ1) is 30.3. The van der Waals surface area contributed by atoms with E-state index in [1.807, 2.05) is 57.2 Å². The van der Waals surface area contributed by atoms with Crippen molar-refractivity contribution < 1.29 is 18.0 Å². The molecule has 1 aliphatic carbocycles. The molecule has 0 aromatic heterocycles. The van der Waals surface area contributed by atoms with Gasteiger partial charge < -0.3 is 10.2 Å². The summed E-state index contributed by atoms with van der Waals surface area (Å²) in [6.07, 6.45) is 5.19. The number of nitrogens with one attached hydrogen (secondary N) is 1. The molecule has 0 saturated heterocycles. The van der Waals surface area contributed by atoms with Crippen LogP contribution in [0.5, 0.6) is 0 Å². The van der Waals surface area contributed by atoms with Crippen LogP contribution in [0, 0.1) is 20.8 Å². The molecular formula is C33H41N3O4S. The van der Waals surface area contributed by atoms with Gasteiger partial charge in [0.05, 0.1) is 10.6 Å². The van der Waals surface area contributed by atoms with Gasteiger partial charge in [0, 0.05) is 12.6 Å². The highest BCUT2D eigenvalue weighted by Crippen LogP contribution is 2.28. The minimum absolute atomic E-state index is 0.0976. The number of hydrogen-bond acceptors (Lipinski definition) is 4. The van der Waals surface area contributed by atoms with Gasteiger partial charge >= 0.3 is 0 Å². The molecule has 4 rings (SSSR count). The Bertz CT molecular complexity index is 1450. The molecule has 0 unspecified atom stereocenters. The third-order valence-corrected chi connectivity index (χ3v) is 9.64. The summed E-state index contributed by atoms with van der Waals surface area (Å²) >= 11 is 0. The summed E-state index contributed by atoms with van der Waals surface area (Å²) in [5.74, 6) is -0.669. The molecule has 0 radical (unpaired) electrons. The van der Waals surface area contributed by atoms with E-state index in [0.29, 0.717) is 5.69 Å². The fourth-order valence-electron chi connectivity index (χ4n) is 5.24. The van der Waals surface area contributed by atoms with Crippen LogP contribution >= 0.6 is 0 Å². The molecule has 1 fully saturated rings. The summed E-state index contributed by atoms with van der Waals surface area (Å²) in [7, 11) is -4.08. The first-order valence-electron chi connectivity index (χ1n) is 14.4. The zero-order chi connectivity index (χ0) is 29.6. The Balaban J connectivity index is 1.68. The van der Waals surface area contributed by atoms with Crippen LogP contribution in [-0.4, -0.2) is 43.8 Å². The summed E-state index contributed by atoms with van der Waals surface area (Å²) in [4.78, 5) is 29.1. The Labute approximate surface area is 244 Å². The van der Waals surface area contributed by atoms with Gasteiger partial charge in [-0.2, -0.15) is 0 Å². The van der Waals surface area contributed by atoms with Gasteiger partial charge in [-0.3, -0.25) is 13.9 Å². The van der Waals surface area contributed by atoms with Crippen molar-refractivity contribution in [3.8, 4) is 0 Å². The first-order chi connectivity index (χ1) is 19.6. The lowest BCUT2D eigenvalue weighted by molar-refractivity contribution is -0.139. The average Bonchev–Trinajstić information content (AvgIpc) is 2.96. The van der Waals surface area contributed by atoms with E-state index in [2.05, 4.69) is 5.32 Å². The maximum atomic E-state index is 14.1. The Morgan fingerprint density at radius 3 is 2.05 bits per heavy atom. The van der Waals surface area contributed by atoms with Crippen LogP contribution in [0.15, 0.2) is 77.7 Å². The van der Waals surface area contributed by atoms with E-state index < -0.39 is 28.5 Å². The van der Waals surface area contributed by atoms with Crippen LogP contribution in [0.1, 0.15) is 61.3 Å². The number of carbonyl (C=O) groups is 2. The molecule has 0 aliphatic heterocycles. The number of sulfonamides is 1. The van der Waals surface area contributed by atoms with Crippen LogP contribution in [-0.2, 0) is 26.2 Å². The molecule has 41 heavy (non-hydrogen) atoms. The number of carbonyl (C=O) groups excluding carboxylic acids is 2. The number of aryl methyl sites for hydroxylation is 3. The number of rotatable bonds is 10. The highest BCUT2D eigenvalue weighted by molar-refractivity contribution is 7.92. The molecular weight excluding hydrogens is 534 g/mol. The van der Waals surface area contributed by atoms with Gasteiger partial charge in [-0.1, -0.05) is 85.0 Å². The van der Waals surface area contributed by atoms with E-state index in [4.69, 9.17) is 0 Å². The predicted octanol–water partition coefficient (Wildman–Crippen LogP) is 5.67. The first-order valence-corrected chi connectivity index (χ1v) is 15.8. The molecule has 1 atom stereocenters. The fraction of sp³-hybridized carbons (Fsp3) is 0.394. The zero-order valence-corrected chi connectivity index (χ0v) is 25.3. The van der Waals surface area contributed by atoms with Gasteiger partial charge in [0.2, 0.25) is 11.8 Å². The van der Waals surface area contributed by atoms with Crippen LogP contribution in [0.2, 0.25) is 0 Å². The average molecular weight is 576 g/mol. The summed E-state index contributed by atoms with van der Waals surface area (Å²) < 4.78 is 29.2. The SMILES string of the molecule is Cc1ccc(CN(C(=O)CN(c2ccccc2C)S(=O)(=O)c2ccc(C)cc2)[C@H](C)C(=O)NC2CCCCC2)cc1. The molecule has 0 spiro atoms. The molecule has 2 amide bonds. The van der Waals surface area contributed by atoms with Crippen LogP contribution in [0.25, 0.3) is 0 Å². The van der Waals surface area contributed by atoms with Crippen molar-refractivity contribution in [3.05, 3.63) is 95.1 Å². The monoisotopic (exact) mass is 575 g/mol. The van der Waals surface area contributed by atoms with E-state index in [1.54, 1.807) is 43.3 Å². The lowest BCUT2D eigenvalue weighted by Crippen LogP contribution is -2.53. The van der Waals surface area contributed by atoms with E-state index in [1.165, 1.54) is 15.6 Å². The van der Waals surface area contributed by atoms with Crippen molar-refractivity contribution in [2.75, 3.05) is 10.8 Å². The smallest absolute Gasteiger partial charge is 0.264 e. The second kappa shape index (κ2) is 13.3. The third kappa shape index (κ3) is 7.55. The maximum Gasteiger partial charge on any atom is 0.264 e. The highest BCUT2D eigenvalue weighted by Gasteiger charge is 2.33. The maximum absolute atomic E-state index is 14.1. The van der Waals surface area contributed by atoms with E-state index >= 15 is 0 Å². The van der Waals surface area contributed by atoms with Crippen molar-refractivity contribution in [2.45, 2.75) is 83.3 Å². The topological polar surface area (TPSA) is 86.8 Å². The molecule has 0 heterocycles. The number of para-hydroxylation sites is 1. The minimum Gasteiger partial charge on any atom is -0.352 e. The number of anilines is 1. The summed E-state index contributed by atoms with van der Waals surface area (Å²) in [5, 5.41) is 3.14. The molecule has 1 aliphatic rings. The highest BCUT2D eigenvalue weighted by atomic mass is 32.2. The molecule has 1 saturated carbocycles. The minimum atomic E-state index is -4.08. The standard InChI is InChI=1S/C33H41N3O4S/c1-24-14-18-28(19-15-24)22-35(27(4)33(38)34-29-11-6-5-7-12-29)32(37)23-36(31-13-9-8-10-26(31)3)41(39,40)30-20-16-25(2)17-21-30/h8-10,13-21,27,29H,5-7,11-12,22-23H2,1-4H3,(H,34,38)/t27-/m1/s1. The zero-order valence-electron chi connectivity index (χ0n) is 24.5. The van der Waals surface area contributed by atoms with Crippen molar-refractivity contribution in [1.82, 2.24) is 10.2 Å². The van der Waals surface area contributed by atoms with E-state index in [0.717, 1.165) is 47.9 Å². The predicted molar refractivity (Wildman–Crippen MR) is 163 cm³/mol. The molecule has 3 aromatic carbocycles. The number of benzene rings is 3. The van der Waals surface area contributed by atoms with Gasteiger partial charge in [-0.05, 0) is 69.9 Å². The fourth-order valence-corrected chi connectivity index (χ4v) is 6.71. The molecule has 0 bridgehead atoms. The Hall–Kier alpha value is -3.65. The van der Waals surface area contributed by atoms with Gasteiger partial charge in [0.1, 0.15) is 12.6 Å². The van der Waals surface area contributed by atoms with Crippen molar-refractivity contribution in [1.29, 1.82) is 0 Å². The van der Waals surface area contributed by atoms with Crippen LogP contribution in [0.4, 0.5) is 5.69 Å². The van der Waals surface area contributed by atoms with Gasteiger partial charge in [0.15, 0.2) is 0 Å². The lowest BCUT2D eigenvalue weighted by atomic mass is 9.95. The van der Waals surface area contributed by atoms with Crippen LogP contribution in [0.3, 0.4) is 0 Å². The molecule has 8 heteroatoms. The molecule has 7 nitrogen and oxygen atoms in total. The second-order valence-electron chi connectivity index (χ2n) is 11.1. The molecule has 3 aromatic rings. The number of amides is 2. The Kier molecular flexibility index (Phi) is 9.86. The summed E-state index contributed by atoms with van der Waals surface area (Å²) in [6, 6.07) is 20.8. The summed E-state index contributed by atoms with van der Waals surface area (Å²) in [6.45, 7) is 7.17. The van der Waals surface area contributed by atoms with Gasteiger partial charge in [-0.25, -0.2) is 8.42 Å². The van der Waals surface area contributed by atoms with Crippen molar-refractivity contribution >= 4 is 27.5 Å². The van der Waals surface area contributed by atoms with Crippen LogP contribution < -0.4 is 9.62 Å². The van der Waals surface area contributed by atoms with Gasteiger partial charge in [0.25, 0.3) is 10.0 Å². The van der Waals surface area contributed by atoms with E-state index in [9.17, 15) is 18.0 Å². The third-order valence-electron chi connectivity index (χ3n) is 7.86. The van der Waals surface area contributed by atoms with Gasteiger partial charge in [-0.15, -0.1) is 0 Å². The largest absolute Gasteiger partial charge is 0.352 e. The molecule has 1 N–H and O–H groups in total. The lowest BCUT2D eigenvalue weighted by Gasteiger charge is -2.33. The summed E-state index contributed by atoms with van der Waals surface area (Å²) in [5.41, 5.74) is 4.04. The van der Waals surface area contributed by atoms with Crippen molar-refractivity contribution in [2.24, 2.45) is 0 Å². The number of hydrogen-bond donors (Lipinski definition) is 1. The number of nitrogens with zero attached hydrogens (tertiary/aromatic N) is 2. The van der Waals surface area contributed by atoms with E-state index in [-0.39, 0.29) is 23.4 Å². The second-order valence-corrected chi connectivity index (χ2v) is 13.0. The molecule has 218 valence electrons. The Morgan fingerprint density at radius 2 is 1.44 bits per heavy atom. The van der Waals surface area contributed by atoms with Crippen molar-refractivity contribution in [3.63, 3.8) is 0 Å².